The van der Waals surface area contributed by atoms with E-state index in [-0.39, 0.29) is 11.7 Å². The van der Waals surface area contributed by atoms with E-state index in [9.17, 15) is 10.1 Å². The Kier molecular flexibility index (Phi) is 2.38. The van der Waals surface area contributed by atoms with Crippen molar-refractivity contribution in [3.05, 3.63) is 57.6 Å². The van der Waals surface area contributed by atoms with Crippen molar-refractivity contribution in [2.24, 2.45) is 15.9 Å². The SMILES string of the molecule is NC1=NC(=NO[N+](=O)[O-])c2cc3ccccc3cc21. The number of hydrogen-bond donors (Lipinski definition) is 1. The molecule has 1 aliphatic rings. The van der Waals surface area contributed by atoms with Gasteiger partial charge >= 0.3 is 5.84 Å². The third-order valence-corrected chi connectivity index (χ3v) is 2.82. The minimum Gasteiger partial charge on any atom is -0.383 e. The molecule has 0 saturated carbocycles. The maximum absolute atomic E-state index is 10.2. The maximum atomic E-state index is 10.2. The number of nitrogens with two attached hydrogens (primary N) is 1. The number of benzene rings is 2. The van der Waals surface area contributed by atoms with Gasteiger partial charge in [-0.25, -0.2) is 10.1 Å². The number of aliphatic imine (C=N–C) groups is 1. The van der Waals surface area contributed by atoms with Crippen molar-refractivity contribution < 1.29 is 10.0 Å². The molecule has 3 rings (SSSR count). The molecule has 1 aliphatic heterocycles. The summed E-state index contributed by atoms with van der Waals surface area (Å²) < 4.78 is 0. The molecular weight excluding hydrogens is 248 g/mol. The smallest absolute Gasteiger partial charge is 0.307 e. The molecule has 2 aromatic rings. The van der Waals surface area contributed by atoms with Gasteiger partial charge in [0.05, 0.1) is 5.56 Å². The van der Waals surface area contributed by atoms with E-state index in [0.717, 1.165) is 10.8 Å². The van der Waals surface area contributed by atoms with Crippen LogP contribution in [0.3, 0.4) is 0 Å². The number of hydrogen-bond acceptors (Lipinski definition) is 5. The first-order chi connectivity index (χ1) is 9.15. The van der Waals surface area contributed by atoms with Crippen molar-refractivity contribution in [1.29, 1.82) is 0 Å². The summed E-state index contributed by atoms with van der Waals surface area (Å²) in [4.78, 5) is 18.1. The van der Waals surface area contributed by atoms with Crippen LogP contribution in [-0.4, -0.2) is 16.8 Å². The molecule has 0 atom stereocenters. The van der Waals surface area contributed by atoms with Crippen LogP contribution in [0.5, 0.6) is 0 Å². The molecule has 7 heteroatoms. The molecule has 0 aromatic heterocycles. The molecule has 0 aliphatic carbocycles. The van der Waals surface area contributed by atoms with Gasteiger partial charge in [0, 0.05) is 5.56 Å². The predicted octanol–water partition coefficient (Wildman–Crippen LogP) is 1.43. The first kappa shape index (κ1) is 11.1. The summed E-state index contributed by atoms with van der Waals surface area (Å²) in [6.45, 7) is 0. The van der Waals surface area contributed by atoms with E-state index in [0.29, 0.717) is 11.1 Å². The lowest BCUT2D eigenvalue weighted by atomic mass is 10.0. The van der Waals surface area contributed by atoms with Crippen LogP contribution in [0.2, 0.25) is 0 Å². The highest BCUT2D eigenvalue weighted by atomic mass is 17.0. The van der Waals surface area contributed by atoms with E-state index in [1.54, 1.807) is 0 Å². The molecule has 19 heavy (non-hydrogen) atoms. The van der Waals surface area contributed by atoms with Gasteiger partial charge in [0.15, 0.2) is 5.09 Å². The highest BCUT2D eigenvalue weighted by molar-refractivity contribution is 6.23. The highest BCUT2D eigenvalue weighted by Gasteiger charge is 2.24. The zero-order valence-corrected chi connectivity index (χ0v) is 9.61. The first-order valence-corrected chi connectivity index (χ1v) is 5.42. The summed E-state index contributed by atoms with van der Waals surface area (Å²) in [6, 6.07) is 11.4. The van der Waals surface area contributed by atoms with Gasteiger partial charge in [0.25, 0.3) is 0 Å². The van der Waals surface area contributed by atoms with Crippen molar-refractivity contribution in [3.63, 3.8) is 0 Å². The predicted molar refractivity (Wildman–Crippen MR) is 69.3 cm³/mol. The second-order valence-electron chi connectivity index (χ2n) is 3.96. The summed E-state index contributed by atoms with van der Waals surface area (Å²) in [7, 11) is 0. The summed E-state index contributed by atoms with van der Waals surface area (Å²) in [5, 5.41) is 14.5. The average molecular weight is 256 g/mol. The monoisotopic (exact) mass is 256 g/mol. The lowest BCUT2D eigenvalue weighted by molar-refractivity contribution is -0.760. The van der Waals surface area contributed by atoms with Crippen LogP contribution in [0, 0.1) is 10.1 Å². The van der Waals surface area contributed by atoms with Gasteiger partial charge in [0.2, 0.25) is 0 Å². The fourth-order valence-corrected chi connectivity index (χ4v) is 2.01. The minimum absolute atomic E-state index is 0.106. The van der Waals surface area contributed by atoms with Crippen molar-refractivity contribution in [2.45, 2.75) is 0 Å². The van der Waals surface area contributed by atoms with Gasteiger partial charge in [-0.2, -0.15) is 9.93 Å². The fraction of sp³-hybridized carbons (Fsp3) is 0. The largest absolute Gasteiger partial charge is 0.383 e. The first-order valence-electron chi connectivity index (χ1n) is 5.42. The number of amidine groups is 2. The number of fused-ring (bicyclic) bond motifs is 2. The van der Waals surface area contributed by atoms with E-state index >= 15 is 0 Å². The molecule has 0 spiro atoms. The third-order valence-electron chi connectivity index (χ3n) is 2.82. The summed E-state index contributed by atoms with van der Waals surface area (Å²) in [6.07, 6.45) is 0. The van der Waals surface area contributed by atoms with Crippen LogP contribution in [0.15, 0.2) is 46.5 Å². The molecule has 0 amide bonds. The highest BCUT2D eigenvalue weighted by Crippen LogP contribution is 2.24. The second-order valence-corrected chi connectivity index (χ2v) is 3.96. The van der Waals surface area contributed by atoms with Crippen molar-refractivity contribution in [1.82, 2.24) is 0 Å². The van der Waals surface area contributed by atoms with E-state index in [1.807, 2.05) is 36.4 Å². The molecule has 2 aromatic carbocycles. The van der Waals surface area contributed by atoms with Gasteiger partial charge < -0.3 is 5.73 Å². The third kappa shape index (κ3) is 1.86. The molecule has 0 radical (unpaired) electrons. The lowest BCUT2D eigenvalue weighted by Crippen LogP contribution is -2.10. The standard InChI is InChI=1S/C12H8N4O3/c13-11-9-5-7-3-1-2-4-8(7)6-10(9)12(14-11)15-19-16(17)18/h1-6H,(H2,13,14,15). The van der Waals surface area contributed by atoms with Crippen LogP contribution >= 0.6 is 0 Å². The molecule has 0 bridgehead atoms. The number of rotatable bonds is 2. The number of oxime groups is 1. The van der Waals surface area contributed by atoms with E-state index < -0.39 is 5.09 Å². The Hall–Kier alpha value is -2.96. The molecule has 0 saturated heterocycles. The lowest BCUT2D eigenvalue weighted by Gasteiger charge is -2.01. The summed E-state index contributed by atoms with van der Waals surface area (Å²) in [5.74, 6) is 0.376. The van der Waals surface area contributed by atoms with E-state index in [2.05, 4.69) is 15.1 Å². The molecular formula is C12H8N4O3. The van der Waals surface area contributed by atoms with E-state index in [4.69, 9.17) is 5.73 Å². The van der Waals surface area contributed by atoms with Crippen LogP contribution in [0.1, 0.15) is 11.1 Å². The van der Waals surface area contributed by atoms with Crippen LogP contribution in [0.25, 0.3) is 10.8 Å². The topological polar surface area (TPSA) is 103 Å². The quantitative estimate of drug-likeness (QED) is 0.648. The Bertz CT molecular complexity index is 752. The van der Waals surface area contributed by atoms with Gasteiger partial charge in [0.1, 0.15) is 11.0 Å². The molecule has 0 unspecified atom stereocenters. The maximum Gasteiger partial charge on any atom is 0.307 e. The van der Waals surface area contributed by atoms with E-state index in [1.165, 1.54) is 0 Å². The van der Waals surface area contributed by atoms with Gasteiger partial charge in [-0.05, 0) is 22.9 Å². The zero-order chi connectivity index (χ0) is 13.4. The Morgan fingerprint density at radius 3 is 2.47 bits per heavy atom. The normalized spacial score (nSPS) is 15.4. The average Bonchev–Trinajstić information content (AvgIpc) is 2.70. The molecule has 1 heterocycles. The molecule has 2 N–H and O–H groups in total. The van der Waals surface area contributed by atoms with Gasteiger partial charge in [-0.1, -0.05) is 24.3 Å². The number of nitrogens with zero attached hydrogens (tertiary/aromatic N) is 3. The second kappa shape index (κ2) is 4.05. The fourth-order valence-electron chi connectivity index (χ4n) is 2.01. The van der Waals surface area contributed by atoms with Crippen LogP contribution < -0.4 is 5.73 Å². The molecule has 94 valence electrons. The van der Waals surface area contributed by atoms with Crippen molar-refractivity contribution in [2.75, 3.05) is 0 Å². The Morgan fingerprint density at radius 2 is 1.84 bits per heavy atom. The van der Waals surface area contributed by atoms with Crippen molar-refractivity contribution in [3.8, 4) is 0 Å². The van der Waals surface area contributed by atoms with Crippen LogP contribution in [-0.2, 0) is 4.94 Å². The van der Waals surface area contributed by atoms with Crippen molar-refractivity contribution >= 4 is 22.4 Å². The molecule has 0 fully saturated rings. The van der Waals surface area contributed by atoms with Crippen LogP contribution in [0.4, 0.5) is 0 Å². The van der Waals surface area contributed by atoms with Gasteiger partial charge in [-0.15, -0.1) is 0 Å². The summed E-state index contributed by atoms with van der Waals surface area (Å²) >= 11 is 0. The minimum atomic E-state index is -1.00. The Balaban J connectivity index is 2.16. The van der Waals surface area contributed by atoms with Gasteiger partial charge in [-0.3, -0.25) is 0 Å². The molecule has 7 nitrogen and oxygen atoms in total. The zero-order valence-electron chi connectivity index (χ0n) is 9.61. The summed E-state index contributed by atoms with van der Waals surface area (Å²) in [5.41, 5.74) is 7.10. The Morgan fingerprint density at radius 1 is 1.21 bits per heavy atom. The Labute approximate surface area is 107 Å².